The fraction of sp³-hybridized carbons (Fsp3) is 0.476. The van der Waals surface area contributed by atoms with Crippen LogP contribution in [0, 0.1) is 12.8 Å². The van der Waals surface area contributed by atoms with Crippen LogP contribution in [0.2, 0.25) is 0 Å². The molecule has 0 N–H and O–H groups in total. The van der Waals surface area contributed by atoms with Crippen LogP contribution in [0.1, 0.15) is 25.1 Å². The van der Waals surface area contributed by atoms with Crippen molar-refractivity contribution in [2.24, 2.45) is 5.92 Å². The van der Waals surface area contributed by atoms with E-state index in [0.29, 0.717) is 6.04 Å². The third kappa shape index (κ3) is 2.43. The van der Waals surface area contributed by atoms with Gasteiger partial charge in [0.05, 0.1) is 17.5 Å². The molecule has 0 saturated carbocycles. The number of carbonyl (C=O) groups is 1. The van der Waals surface area contributed by atoms with Gasteiger partial charge < -0.3 is 9.47 Å². The highest BCUT2D eigenvalue weighted by Gasteiger charge is 2.36. The number of hydrogen-bond donors (Lipinski definition) is 0. The van der Waals surface area contributed by atoms with E-state index in [4.69, 9.17) is 0 Å². The molecule has 1 aromatic heterocycles. The van der Waals surface area contributed by atoms with Crippen LogP contribution in [0.25, 0.3) is 16.5 Å². The molecule has 0 radical (unpaired) electrons. The van der Waals surface area contributed by atoms with Crippen LogP contribution in [-0.4, -0.2) is 53.0 Å². The number of amides is 1. The van der Waals surface area contributed by atoms with Crippen LogP contribution in [0.3, 0.4) is 0 Å². The van der Waals surface area contributed by atoms with Crippen LogP contribution in [0.15, 0.2) is 30.3 Å². The normalized spacial score (nSPS) is 22.6. The van der Waals surface area contributed by atoms with E-state index in [2.05, 4.69) is 67.6 Å². The molecule has 0 spiro atoms. The molecular weight excluding hydrogens is 310 g/mol. The standard InChI is InChI=1S/C21H27N3O/c1-5-23(6-2)21(25)16-11-18-17-9-7-8-15-10-14(3)24(20(15)17)13-19(18)22(4)12-16/h7-11,16,19H,5-6,12-13H2,1-4H3/t16?,19-/m1/s1. The minimum absolute atomic E-state index is 0.0472. The first kappa shape index (κ1) is 16.4. The van der Waals surface area contributed by atoms with Gasteiger partial charge in [-0.05, 0) is 39.5 Å². The Morgan fingerprint density at radius 2 is 2.00 bits per heavy atom. The summed E-state index contributed by atoms with van der Waals surface area (Å²) in [4.78, 5) is 17.2. The van der Waals surface area contributed by atoms with Crippen molar-refractivity contribution >= 4 is 22.4 Å². The lowest BCUT2D eigenvalue weighted by molar-refractivity contribution is -0.134. The van der Waals surface area contributed by atoms with Gasteiger partial charge in [-0.25, -0.2) is 0 Å². The summed E-state index contributed by atoms with van der Waals surface area (Å²) in [6, 6.07) is 9.17. The largest absolute Gasteiger partial charge is 0.343 e. The number of fused-ring (bicyclic) bond motifs is 2. The van der Waals surface area contributed by atoms with Crippen molar-refractivity contribution < 1.29 is 4.79 Å². The zero-order chi connectivity index (χ0) is 17.7. The maximum Gasteiger partial charge on any atom is 0.230 e. The molecule has 25 heavy (non-hydrogen) atoms. The molecular formula is C21H27N3O. The third-order valence-electron chi connectivity index (χ3n) is 5.94. The second-order valence-corrected chi connectivity index (χ2v) is 7.33. The number of aromatic nitrogens is 1. The number of aryl methyl sites for hydroxylation is 1. The van der Waals surface area contributed by atoms with Gasteiger partial charge in [0, 0.05) is 42.8 Å². The summed E-state index contributed by atoms with van der Waals surface area (Å²) in [6.07, 6.45) is 2.26. The molecule has 2 aliphatic rings. The number of likely N-dealkylation sites (N-methyl/N-ethyl adjacent to an activating group) is 1. The summed E-state index contributed by atoms with van der Waals surface area (Å²) >= 11 is 0. The highest BCUT2D eigenvalue weighted by Crippen LogP contribution is 2.39. The van der Waals surface area contributed by atoms with E-state index < -0.39 is 0 Å². The predicted molar refractivity (Wildman–Crippen MR) is 102 cm³/mol. The Morgan fingerprint density at radius 3 is 2.72 bits per heavy atom. The maximum absolute atomic E-state index is 12.9. The summed E-state index contributed by atoms with van der Waals surface area (Å²) in [5.41, 5.74) is 5.27. The van der Waals surface area contributed by atoms with E-state index >= 15 is 0 Å². The third-order valence-corrected chi connectivity index (χ3v) is 5.94. The molecule has 0 fully saturated rings. The zero-order valence-electron chi connectivity index (χ0n) is 15.6. The monoisotopic (exact) mass is 337 g/mol. The quantitative estimate of drug-likeness (QED) is 0.861. The Balaban J connectivity index is 1.83. The topological polar surface area (TPSA) is 28.5 Å². The first-order valence-corrected chi connectivity index (χ1v) is 9.35. The van der Waals surface area contributed by atoms with E-state index in [1.54, 1.807) is 0 Å². The van der Waals surface area contributed by atoms with Gasteiger partial charge in [-0.3, -0.25) is 9.69 Å². The lowest BCUT2D eigenvalue weighted by Crippen LogP contribution is -2.48. The van der Waals surface area contributed by atoms with Gasteiger partial charge >= 0.3 is 0 Å². The van der Waals surface area contributed by atoms with Crippen LogP contribution in [-0.2, 0) is 11.3 Å². The highest BCUT2D eigenvalue weighted by molar-refractivity contribution is 5.96. The summed E-state index contributed by atoms with van der Waals surface area (Å²) in [5.74, 6) is 0.209. The number of para-hydroxylation sites is 1. The van der Waals surface area contributed by atoms with Crippen LogP contribution >= 0.6 is 0 Å². The van der Waals surface area contributed by atoms with Gasteiger partial charge in [0.1, 0.15) is 0 Å². The highest BCUT2D eigenvalue weighted by atomic mass is 16.2. The lowest BCUT2D eigenvalue weighted by atomic mass is 9.85. The van der Waals surface area contributed by atoms with Crippen LogP contribution < -0.4 is 0 Å². The molecule has 2 aliphatic heterocycles. The smallest absolute Gasteiger partial charge is 0.230 e. The predicted octanol–water partition coefficient (Wildman–Crippen LogP) is 3.15. The van der Waals surface area contributed by atoms with Crippen molar-refractivity contribution in [1.29, 1.82) is 0 Å². The fourth-order valence-corrected chi connectivity index (χ4v) is 4.58. The van der Waals surface area contributed by atoms with Crippen molar-refractivity contribution in [2.45, 2.75) is 33.4 Å². The molecule has 0 aliphatic carbocycles. The van der Waals surface area contributed by atoms with Crippen molar-refractivity contribution in [3.05, 3.63) is 41.6 Å². The Bertz CT molecular complexity index is 859. The molecule has 2 aromatic rings. The Hall–Kier alpha value is -2.07. The number of nitrogens with zero attached hydrogens (tertiary/aromatic N) is 3. The minimum Gasteiger partial charge on any atom is -0.343 e. The molecule has 132 valence electrons. The number of hydrogen-bond acceptors (Lipinski definition) is 2. The van der Waals surface area contributed by atoms with Crippen molar-refractivity contribution in [2.75, 3.05) is 26.7 Å². The van der Waals surface area contributed by atoms with Crippen LogP contribution in [0.4, 0.5) is 0 Å². The summed E-state index contributed by atoms with van der Waals surface area (Å²) < 4.78 is 2.44. The average Bonchev–Trinajstić information content (AvgIpc) is 2.93. The van der Waals surface area contributed by atoms with Crippen molar-refractivity contribution in [3.8, 4) is 0 Å². The van der Waals surface area contributed by atoms with Gasteiger partial charge in [-0.15, -0.1) is 0 Å². The molecule has 1 amide bonds. The van der Waals surface area contributed by atoms with E-state index in [0.717, 1.165) is 26.2 Å². The van der Waals surface area contributed by atoms with Crippen molar-refractivity contribution in [3.63, 3.8) is 0 Å². The fourth-order valence-electron chi connectivity index (χ4n) is 4.58. The first-order chi connectivity index (χ1) is 12.0. The van der Waals surface area contributed by atoms with Crippen molar-refractivity contribution in [1.82, 2.24) is 14.4 Å². The van der Waals surface area contributed by atoms with Gasteiger partial charge in [-0.1, -0.05) is 24.3 Å². The molecule has 2 atom stereocenters. The van der Waals surface area contributed by atoms with Gasteiger partial charge in [0.15, 0.2) is 0 Å². The van der Waals surface area contributed by atoms with E-state index in [9.17, 15) is 4.79 Å². The molecule has 4 rings (SSSR count). The number of benzene rings is 1. The average molecular weight is 337 g/mol. The maximum atomic E-state index is 12.9. The lowest BCUT2D eigenvalue weighted by Gasteiger charge is -2.41. The summed E-state index contributed by atoms with van der Waals surface area (Å²) in [7, 11) is 2.16. The second kappa shape index (κ2) is 6.03. The molecule has 0 bridgehead atoms. The molecule has 1 aromatic carbocycles. The van der Waals surface area contributed by atoms with E-state index in [1.807, 2.05) is 4.90 Å². The molecule has 4 nitrogen and oxygen atoms in total. The Labute approximate surface area is 149 Å². The summed E-state index contributed by atoms with van der Waals surface area (Å²) in [6.45, 7) is 9.63. The second-order valence-electron chi connectivity index (χ2n) is 7.33. The Kier molecular flexibility index (Phi) is 3.95. The SMILES string of the molecule is CCN(CC)C(=O)C1C=C2c3cccc4cc(C)n(c34)C[C@H]2N(C)C1. The molecule has 1 unspecified atom stereocenters. The van der Waals surface area contributed by atoms with Gasteiger partial charge in [0.25, 0.3) is 0 Å². The number of rotatable bonds is 3. The van der Waals surface area contributed by atoms with Gasteiger partial charge in [0.2, 0.25) is 5.91 Å². The van der Waals surface area contributed by atoms with Crippen LogP contribution in [0.5, 0.6) is 0 Å². The first-order valence-electron chi connectivity index (χ1n) is 9.35. The summed E-state index contributed by atoms with van der Waals surface area (Å²) in [5, 5.41) is 1.30. The van der Waals surface area contributed by atoms with E-state index in [1.165, 1.54) is 27.7 Å². The molecule has 3 heterocycles. The molecule has 0 saturated heterocycles. The molecule has 4 heteroatoms. The van der Waals surface area contributed by atoms with Gasteiger partial charge in [-0.2, -0.15) is 0 Å². The van der Waals surface area contributed by atoms with E-state index in [-0.39, 0.29) is 11.8 Å². The zero-order valence-corrected chi connectivity index (χ0v) is 15.6. The Morgan fingerprint density at radius 1 is 1.24 bits per heavy atom. The number of carbonyl (C=O) groups excluding carboxylic acids is 1. The minimum atomic E-state index is -0.0472.